The zero-order valence-corrected chi connectivity index (χ0v) is 13.9. The number of pyridine rings is 1. The fourth-order valence-electron chi connectivity index (χ4n) is 2.81. The van der Waals surface area contributed by atoms with Gasteiger partial charge >= 0.3 is 6.03 Å². The number of aryl methyl sites for hydroxylation is 1. The minimum Gasteiger partial charge on any atom is -0.332 e. The average Bonchev–Trinajstić information content (AvgIpc) is 2.94. The topological polar surface area (TPSA) is 45.2 Å². The molecule has 5 heteroatoms. The maximum Gasteiger partial charge on any atom is 0.317 e. The second-order valence-electron chi connectivity index (χ2n) is 5.58. The Morgan fingerprint density at radius 2 is 2.33 bits per heavy atom. The Labute approximate surface area is 131 Å². The van der Waals surface area contributed by atoms with E-state index in [0.717, 1.165) is 29.9 Å². The van der Waals surface area contributed by atoms with Gasteiger partial charge in [0.25, 0.3) is 0 Å². The smallest absolute Gasteiger partial charge is 0.317 e. The zero-order valence-electron chi connectivity index (χ0n) is 13.1. The number of carbonyl (C=O) groups is 1. The van der Waals surface area contributed by atoms with Gasteiger partial charge in [-0.15, -0.1) is 0 Å². The summed E-state index contributed by atoms with van der Waals surface area (Å²) in [5.41, 5.74) is 2.05. The lowest BCUT2D eigenvalue weighted by Crippen LogP contribution is -2.42. The molecule has 1 saturated carbocycles. The van der Waals surface area contributed by atoms with Gasteiger partial charge in [-0.05, 0) is 43.6 Å². The van der Waals surface area contributed by atoms with E-state index in [9.17, 15) is 4.79 Å². The van der Waals surface area contributed by atoms with E-state index in [4.69, 9.17) is 0 Å². The number of carbonyl (C=O) groups excluding carboxylic acids is 1. The van der Waals surface area contributed by atoms with Crippen molar-refractivity contribution in [2.75, 3.05) is 12.8 Å². The Balaban J connectivity index is 1.82. The molecule has 1 aromatic heterocycles. The summed E-state index contributed by atoms with van der Waals surface area (Å²) in [5, 5.41) is 3.70. The van der Waals surface area contributed by atoms with Crippen molar-refractivity contribution in [3.05, 3.63) is 29.6 Å². The molecule has 4 nitrogen and oxygen atoms in total. The number of thioether (sulfide) groups is 1. The van der Waals surface area contributed by atoms with Crippen molar-refractivity contribution in [1.82, 2.24) is 15.2 Å². The van der Waals surface area contributed by atoms with E-state index >= 15 is 0 Å². The van der Waals surface area contributed by atoms with E-state index in [1.165, 1.54) is 6.42 Å². The van der Waals surface area contributed by atoms with Crippen molar-refractivity contribution in [2.24, 2.45) is 0 Å². The first-order valence-electron chi connectivity index (χ1n) is 7.64. The molecule has 0 radical (unpaired) electrons. The van der Waals surface area contributed by atoms with Gasteiger partial charge in [0.1, 0.15) is 0 Å². The largest absolute Gasteiger partial charge is 0.332 e. The normalized spacial score (nSPS) is 21.3. The van der Waals surface area contributed by atoms with Crippen LogP contribution in [-0.2, 0) is 6.54 Å². The third-order valence-corrected chi connectivity index (χ3v) is 5.39. The van der Waals surface area contributed by atoms with E-state index < -0.39 is 0 Å². The van der Waals surface area contributed by atoms with E-state index in [0.29, 0.717) is 17.8 Å². The summed E-state index contributed by atoms with van der Waals surface area (Å²) in [6.07, 6.45) is 5.22. The second-order valence-corrected chi connectivity index (χ2v) is 7.16. The molecule has 1 heterocycles. The van der Waals surface area contributed by atoms with Gasteiger partial charge in [-0.3, -0.25) is 4.98 Å². The van der Waals surface area contributed by atoms with Crippen molar-refractivity contribution in [3.63, 3.8) is 0 Å². The van der Waals surface area contributed by atoms with Crippen LogP contribution in [0.4, 0.5) is 4.79 Å². The van der Waals surface area contributed by atoms with Gasteiger partial charge < -0.3 is 10.2 Å². The van der Waals surface area contributed by atoms with Crippen molar-refractivity contribution >= 4 is 17.8 Å². The Kier molecular flexibility index (Phi) is 5.91. The lowest BCUT2D eigenvalue weighted by atomic mass is 10.2. The average molecular weight is 307 g/mol. The first kappa shape index (κ1) is 16.1. The molecule has 2 unspecified atom stereocenters. The molecule has 116 valence electrons. The highest BCUT2D eigenvalue weighted by molar-refractivity contribution is 7.99. The summed E-state index contributed by atoms with van der Waals surface area (Å²) >= 11 is 2.02. The van der Waals surface area contributed by atoms with Crippen LogP contribution in [0.15, 0.2) is 18.3 Å². The molecule has 0 bridgehead atoms. The number of urea groups is 1. The molecule has 1 aliphatic rings. The highest BCUT2D eigenvalue weighted by Crippen LogP contribution is 2.32. The monoisotopic (exact) mass is 307 g/mol. The third-order valence-electron chi connectivity index (χ3n) is 4.15. The molecule has 2 rings (SSSR count). The molecule has 0 aliphatic heterocycles. The SMILES string of the molecule is CCSC1CCC(N(C)C(=O)NCc2ncccc2C)C1. The number of hydrogen-bond donors (Lipinski definition) is 1. The molecule has 1 fully saturated rings. The number of hydrogen-bond acceptors (Lipinski definition) is 3. The summed E-state index contributed by atoms with van der Waals surface area (Å²) in [5.74, 6) is 1.16. The van der Waals surface area contributed by atoms with Crippen LogP contribution in [0.2, 0.25) is 0 Å². The van der Waals surface area contributed by atoms with Crippen molar-refractivity contribution < 1.29 is 4.79 Å². The zero-order chi connectivity index (χ0) is 15.2. The van der Waals surface area contributed by atoms with Crippen molar-refractivity contribution in [1.29, 1.82) is 0 Å². The fraction of sp³-hybridized carbons (Fsp3) is 0.625. The molecular weight excluding hydrogens is 282 g/mol. The number of aromatic nitrogens is 1. The quantitative estimate of drug-likeness (QED) is 0.908. The van der Waals surface area contributed by atoms with Crippen molar-refractivity contribution in [2.45, 2.75) is 50.9 Å². The highest BCUT2D eigenvalue weighted by atomic mass is 32.2. The first-order chi connectivity index (χ1) is 10.1. The minimum atomic E-state index is 0.00667. The molecule has 0 aromatic carbocycles. The molecule has 2 atom stereocenters. The predicted octanol–water partition coefficient (Wildman–Crippen LogP) is 3.21. The van der Waals surface area contributed by atoms with Crippen molar-refractivity contribution in [3.8, 4) is 0 Å². The van der Waals surface area contributed by atoms with Crippen LogP contribution in [0.5, 0.6) is 0 Å². The molecule has 1 aromatic rings. The van der Waals surface area contributed by atoms with Gasteiger partial charge in [-0.2, -0.15) is 11.8 Å². The summed E-state index contributed by atoms with van der Waals surface area (Å²) in [7, 11) is 1.91. The molecule has 21 heavy (non-hydrogen) atoms. The van der Waals surface area contributed by atoms with E-state index in [1.54, 1.807) is 6.20 Å². The number of nitrogens with zero attached hydrogens (tertiary/aromatic N) is 2. The second kappa shape index (κ2) is 7.69. The van der Waals surface area contributed by atoms with Crippen LogP contribution >= 0.6 is 11.8 Å². The van der Waals surface area contributed by atoms with E-state index in [-0.39, 0.29) is 6.03 Å². The number of rotatable bonds is 5. The van der Waals surface area contributed by atoms with Gasteiger partial charge in [-0.25, -0.2) is 4.79 Å². The van der Waals surface area contributed by atoms with Crippen LogP contribution < -0.4 is 5.32 Å². The Bertz CT molecular complexity index is 480. The van der Waals surface area contributed by atoms with E-state index in [2.05, 4.69) is 17.2 Å². The summed E-state index contributed by atoms with van der Waals surface area (Å²) < 4.78 is 0. The maximum absolute atomic E-state index is 12.3. The fourth-order valence-corrected chi connectivity index (χ4v) is 3.94. The first-order valence-corrected chi connectivity index (χ1v) is 8.69. The number of amides is 2. The lowest BCUT2D eigenvalue weighted by molar-refractivity contribution is 0.190. The van der Waals surface area contributed by atoms with Gasteiger partial charge in [0.15, 0.2) is 0 Å². The highest BCUT2D eigenvalue weighted by Gasteiger charge is 2.29. The standard InChI is InChI=1S/C16H25N3OS/c1-4-21-14-8-7-13(10-14)19(3)16(20)18-11-15-12(2)6-5-9-17-15/h5-6,9,13-14H,4,7-8,10-11H2,1-3H3,(H,18,20). The van der Waals surface area contributed by atoms with Crippen LogP contribution in [0, 0.1) is 6.92 Å². The molecular formula is C16H25N3OS. The van der Waals surface area contributed by atoms with Gasteiger partial charge in [-0.1, -0.05) is 13.0 Å². The Morgan fingerprint density at radius 3 is 3.05 bits per heavy atom. The molecule has 0 saturated heterocycles. The maximum atomic E-state index is 12.3. The molecule has 1 aliphatic carbocycles. The third kappa shape index (κ3) is 4.37. The lowest BCUT2D eigenvalue weighted by Gasteiger charge is -2.25. The van der Waals surface area contributed by atoms with E-state index in [1.807, 2.05) is 42.8 Å². The number of nitrogens with one attached hydrogen (secondary N) is 1. The Morgan fingerprint density at radius 1 is 1.52 bits per heavy atom. The van der Waals surface area contributed by atoms with Gasteiger partial charge in [0, 0.05) is 24.5 Å². The van der Waals surface area contributed by atoms with Crippen LogP contribution in [0.1, 0.15) is 37.4 Å². The molecule has 0 spiro atoms. The summed E-state index contributed by atoms with van der Waals surface area (Å²) in [4.78, 5) is 18.4. The van der Waals surface area contributed by atoms with Crippen LogP contribution in [0.3, 0.4) is 0 Å². The minimum absolute atomic E-state index is 0.00667. The summed E-state index contributed by atoms with van der Waals surface area (Å²) in [6.45, 7) is 4.71. The summed E-state index contributed by atoms with van der Waals surface area (Å²) in [6, 6.07) is 4.31. The predicted molar refractivity (Wildman–Crippen MR) is 88.5 cm³/mol. The van der Waals surface area contributed by atoms with Crippen LogP contribution in [0.25, 0.3) is 0 Å². The van der Waals surface area contributed by atoms with Gasteiger partial charge in [0.2, 0.25) is 0 Å². The molecule has 2 amide bonds. The molecule has 1 N–H and O–H groups in total. The van der Waals surface area contributed by atoms with Crippen LogP contribution in [-0.4, -0.2) is 40.0 Å². The van der Waals surface area contributed by atoms with Gasteiger partial charge in [0.05, 0.1) is 12.2 Å². The Hall–Kier alpha value is -1.23.